The normalized spacial score (nSPS) is 14.2. The van der Waals surface area contributed by atoms with Crippen LogP contribution in [0.25, 0.3) is 10.9 Å². The average molecular weight is 401 g/mol. The van der Waals surface area contributed by atoms with Gasteiger partial charge in [0.15, 0.2) is 5.11 Å². The molecule has 0 atom stereocenters. The van der Waals surface area contributed by atoms with Crippen LogP contribution in [0.5, 0.6) is 0 Å². The van der Waals surface area contributed by atoms with Crippen LogP contribution in [-0.2, 0) is 0 Å². The molecular weight excluding hydrogens is 380 g/mol. The molecule has 0 saturated carbocycles. The maximum Gasteiger partial charge on any atom is 0.189 e. The molecule has 4 rings (SSSR count). The van der Waals surface area contributed by atoms with Gasteiger partial charge in [-0.05, 0) is 48.6 Å². The lowest BCUT2D eigenvalue weighted by atomic mass is 10.2. The second kappa shape index (κ2) is 8.67. The van der Waals surface area contributed by atoms with Crippen molar-refractivity contribution in [2.75, 3.05) is 31.1 Å². The zero-order chi connectivity index (χ0) is 20.1. The molecule has 7 heteroatoms. The molecule has 0 radical (unpaired) electrons. The SMILES string of the molecule is N#Cc1ccc(N2CCN(C(=S)N/N=C\c3ccc4ccccc4n3)CC2)cc1. The number of rotatable bonds is 3. The monoisotopic (exact) mass is 400 g/mol. The van der Waals surface area contributed by atoms with Crippen LogP contribution in [-0.4, -0.2) is 47.4 Å². The van der Waals surface area contributed by atoms with E-state index in [2.05, 4.69) is 31.4 Å². The van der Waals surface area contributed by atoms with Gasteiger partial charge in [-0.15, -0.1) is 0 Å². The number of hydrogen-bond acceptors (Lipinski definition) is 5. The first-order chi connectivity index (χ1) is 14.2. The fraction of sp³-hybridized carbons (Fsp3) is 0.182. The molecule has 6 nitrogen and oxygen atoms in total. The number of pyridine rings is 1. The molecular formula is C22H20N6S. The number of nitrogens with one attached hydrogen (secondary N) is 1. The van der Waals surface area contributed by atoms with Crippen molar-refractivity contribution in [3.63, 3.8) is 0 Å². The van der Waals surface area contributed by atoms with Gasteiger partial charge in [0, 0.05) is 37.3 Å². The van der Waals surface area contributed by atoms with E-state index in [0.717, 1.165) is 48.5 Å². The smallest absolute Gasteiger partial charge is 0.189 e. The highest BCUT2D eigenvalue weighted by atomic mass is 32.1. The molecule has 2 heterocycles. The van der Waals surface area contributed by atoms with Crippen LogP contribution in [0.4, 0.5) is 5.69 Å². The molecule has 1 saturated heterocycles. The maximum absolute atomic E-state index is 8.92. The van der Waals surface area contributed by atoms with Gasteiger partial charge >= 0.3 is 0 Å². The van der Waals surface area contributed by atoms with Gasteiger partial charge in [-0.2, -0.15) is 10.4 Å². The van der Waals surface area contributed by atoms with Gasteiger partial charge in [0.25, 0.3) is 0 Å². The number of thiocarbonyl (C=S) groups is 1. The van der Waals surface area contributed by atoms with Crippen molar-refractivity contribution >= 4 is 40.1 Å². The van der Waals surface area contributed by atoms with Crippen molar-refractivity contribution < 1.29 is 0 Å². The first kappa shape index (κ1) is 18.8. The summed E-state index contributed by atoms with van der Waals surface area (Å²) >= 11 is 5.48. The van der Waals surface area contributed by atoms with Crippen molar-refractivity contribution in [2.45, 2.75) is 0 Å². The second-order valence-electron chi connectivity index (χ2n) is 6.74. The largest absolute Gasteiger partial charge is 0.368 e. The van der Waals surface area contributed by atoms with E-state index in [-0.39, 0.29) is 0 Å². The van der Waals surface area contributed by atoms with E-state index in [0.29, 0.717) is 10.7 Å². The van der Waals surface area contributed by atoms with E-state index in [1.54, 1.807) is 6.21 Å². The molecule has 1 aliphatic rings. The molecule has 144 valence electrons. The maximum atomic E-state index is 8.92. The molecule has 1 aliphatic heterocycles. The predicted octanol–water partition coefficient (Wildman–Crippen LogP) is 3.14. The fourth-order valence-corrected chi connectivity index (χ4v) is 3.53. The lowest BCUT2D eigenvalue weighted by Gasteiger charge is -2.37. The van der Waals surface area contributed by atoms with Crippen LogP contribution in [0.2, 0.25) is 0 Å². The Morgan fingerprint density at radius 2 is 1.79 bits per heavy atom. The number of hydrazone groups is 1. The van der Waals surface area contributed by atoms with Gasteiger partial charge < -0.3 is 9.80 Å². The third kappa shape index (κ3) is 4.50. The highest BCUT2D eigenvalue weighted by Gasteiger charge is 2.18. The van der Waals surface area contributed by atoms with Crippen LogP contribution in [0.1, 0.15) is 11.3 Å². The third-order valence-electron chi connectivity index (χ3n) is 4.91. The van der Waals surface area contributed by atoms with E-state index in [9.17, 15) is 0 Å². The Labute approximate surface area is 175 Å². The quantitative estimate of drug-likeness (QED) is 0.414. The standard InChI is InChI=1S/C22H20N6S/c23-15-17-5-9-20(10-6-17)27-11-13-28(14-12-27)22(29)26-24-16-19-8-7-18-3-1-2-4-21(18)25-19/h1-10,16H,11-14H2,(H,26,29)/b24-16-. The minimum absolute atomic E-state index is 0.613. The Morgan fingerprint density at radius 1 is 1.03 bits per heavy atom. The average Bonchev–Trinajstić information content (AvgIpc) is 2.79. The van der Waals surface area contributed by atoms with Crippen LogP contribution in [0, 0.1) is 11.3 Å². The zero-order valence-electron chi connectivity index (χ0n) is 15.8. The van der Waals surface area contributed by atoms with Crippen molar-refractivity contribution in [3.8, 4) is 6.07 Å². The molecule has 1 N–H and O–H groups in total. The number of aromatic nitrogens is 1. The number of para-hydroxylation sites is 1. The van der Waals surface area contributed by atoms with E-state index in [1.165, 1.54) is 0 Å². The second-order valence-corrected chi connectivity index (χ2v) is 7.12. The molecule has 0 amide bonds. The Morgan fingerprint density at radius 3 is 2.55 bits per heavy atom. The van der Waals surface area contributed by atoms with Crippen molar-refractivity contribution in [3.05, 3.63) is 71.9 Å². The Hall–Kier alpha value is -3.50. The van der Waals surface area contributed by atoms with Crippen molar-refractivity contribution in [2.24, 2.45) is 5.10 Å². The summed E-state index contributed by atoms with van der Waals surface area (Å²) < 4.78 is 0. The number of hydrogen-bond donors (Lipinski definition) is 1. The minimum atomic E-state index is 0.613. The summed E-state index contributed by atoms with van der Waals surface area (Å²) in [7, 11) is 0. The number of nitrogens with zero attached hydrogens (tertiary/aromatic N) is 5. The summed E-state index contributed by atoms with van der Waals surface area (Å²) in [6.45, 7) is 3.36. The molecule has 29 heavy (non-hydrogen) atoms. The lowest BCUT2D eigenvalue weighted by Crippen LogP contribution is -2.51. The van der Waals surface area contributed by atoms with Crippen molar-refractivity contribution in [1.29, 1.82) is 5.26 Å². The summed E-state index contributed by atoms with van der Waals surface area (Å²) in [6, 6.07) is 21.8. The van der Waals surface area contributed by atoms with Crippen molar-refractivity contribution in [1.82, 2.24) is 15.3 Å². The molecule has 1 fully saturated rings. The topological polar surface area (TPSA) is 67.6 Å². The minimum Gasteiger partial charge on any atom is -0.368 e. The summed E-state index contributed by atoms with van der Waals surface area (Å²) in [5.41, 5.74) is 6.48. The predicted molar refractivity (Wildman–Crippen MR) is 120 cm³/mol. The third-order valence-corrected chi connectivity index (χ3v) is 5.25. The summed E-state index contributed by atoms with van der Waals surface area (Å²) in [4.78, 5) is 8.97. The Kier molecular flexibility index (Phi) is 5.63. The Bertz CT molecular complexity index is 1080. The van der Waals surface area contributed by atoms with Gasteiger partial charge in [0.2, 0.25) is 0 Å². The number of nitriles is 1. The molecule has 1 aromatic heterocycles. The van der Waals surface area contributed by atoms with Gasteiger partial charge in [-0.3, -0.25) is 5.43 Å². The van der Waals surface area contributed by atoms with Gasteiger partial charge in [-0.25, -0.2) is 4.98 Å². The molecule has 3 aromatic rings. The zero-order valence-corrected chi connectivity index (χ0v) is 16.6. The van der Waals surface area contributed by atoms with E-state index in [4.69, 9.17) is 17.5 Å². The summed E-state index contributed by atoms with van der Waals surface area (Å²) in [5, 5.41) is 14.9. The number of fused-ring (bicyclic) bond motifs is 1. The highest BCUT2D eigenvalue weighted by molar-refractivity contribution is 7.80. The highest BCUT2D eigenvalue weighted by Crippen LogP contribution is 2.17. The van der Waals surface area contributed by atoms with Crippen LogP contribution < -0.4 is 10.3 Å². The number of benzene rings is 2. The molecule has 0 unspecified atom stereocenters. The molecule has 0 bridgehead atoms. The van der Waals surface area contributed by atoms with Gasteiger partial charge in [0.1, 0.15) is 0 Å². The van der Waals surface area contributed by atoms with E-state index >= 15 is 0 Å². The van der Waals surface area contributed by atoms with Gasteiger partial charge in [-0.1, -0.05) is 24.3 Å². The van der Waals surface area contributed by atoms with E-state index < -0.39 is 0 Å². The fourth-order valence-electron chi connectivity index (χ4n) is 3.29. The Balaban J connectivity index is 1.30. The van der Waals surface area contributed by atoms with Crippen LogP contribution in [0.3, 0.4) is 0 Å². The lowest BCUT2D eigenvalue weighted by molar-refractivity contribution is 0.381. The van der Waals surface area contributed by atoms with Crippen LogP contribution >= 0.6 is 12.2 Å². The molecule has 0 spiro atoms. The number of anilines is 1. The summed E-state index contributed by atoms with van der Waals surface area (Å²) in [5.74, 6) is 0. The first-order valence-corrected chi connectivity index (χ1v) is 9.83. The van der Waals surface area contributed by atoms with Crippen LogP contribution in [0.15, 0.2) is 65.8 Å². The van der Waals surface area contributed by atoms with E-state index in [1.807, 2.05) is 60.7 Å². The number of piperazine rings is 1. The summed E-state index contributed by atoms with van der Waals surface area (Å²) in [6.07, 6.45) is 1.69. The molecule has 2 aromatic carbocycles. The first-order valence-electron chi connectivity index (χ1n) is 9.42. The molecule has 0 aliphatic carbocycles. The van der Waals surface area contributed by atoms with Gasteiger partial charge in [0.05, 0.1) is 29.1 Å².